The molecule has 2 N–H and O–H groups in total. The standard InChI is InChI=1S/C14H15N3O3S/c1-17(10-11-6-8-16-9-7-11)21(19,20)13-4-2-12(3-5-13)14(15)18/h2-9H,10H2,1H3,(H2,15,18). The summed E-state index contributed by atoms with van der Waals surface area (Å²) < 4.78 is 26.1. The maximum Gasteiger partial charge on any atom is 0.248 e. The molecule has 1 aromatic carbocycles. The van der Waals surface area contributed by atoms with Gasteiger partial charge in [-0.25, -0.2) is 8.42 Å². The van der Waals surface area contributed by atoms with Gasteiger partial charge in [-0.15, -0.1) is 0 Å². The fourth-order valence-electron chi connectivity index (χ4n) is 1.80. The molecule has 1 amide bonds. The molecule has 0 fully saturated rings. The average Bonchev–Trinajstić information content (AvgIpc) is 2.48. The molecule has 0 saturated heterocycles. The van der Waals surface area contributed by atoms with Gasteiger partial charge in [0.1, 0.15) is 0 Å². The highest BCUT2D eigenvalue weighted by Crippen LogP contribution is 2.17. The van der Waals surface area contributed by atoms with Gasteiger partial charge in [-0.1, -0.05) is 0 Å². The van der Waals surface area contributed by atoms with Crippen LogP contribution in [-0.2, 0) is 16.6 Å². The third-order valence-electron chi connectivity index (χ3n) is 3.00. The largest absolute Gasteiger partial charge is 0.366 e. The van der Waals surface area contributed by atoms with Crippen molar-refractivity contribution >= 4 is 15.9 Å². The van der Waals surface area contributed by atoms with Gasteiger partial charge in [0.05, 0.1) is 4.90 Å². The maximum absolute atomic E-state index is 12.4. The van der Waals surface area contributed by atoms with Crippen molar-refractivity contribution in [3.8, 4) is 0 Å². The molecule has 2 aromatic rings. The molecule has 0 aliphatic heterocycles. The Morgan fingerprint density at radius 2 is 1.71 bits per heavy atom. The number of rotatable bonds is 5. The quantitative estimate of drug-likeness (QED) is 0.891. The molecule has 0 spiro atoms. The summed E-state index contributed by atoms with van der Waals surface area (Å²) in [5.74, 6) is -0.593. The molecular weight excluding hydrogens is 290 g/mol. The van der Waals surface area contributed by atoms with Gasteiger partial charge in [0, 0.05) is 31.5 Å². The number of carbonyl (C=O) groups is 1. The number of hydrogen-bond acceptors (Lipinski definition) is 4. The highest BCUT2D eigenvalue weighted by atomic mass is 32.2. The van der Waals surface area contributed by atoms with Crippen LogP contribution in [0.5, 0.6) is 0 Å². The van der Waals surface area contributed by atoms with Gasteiger partial charge in [0.25, 0.3) is 0 Å². The molecular formula is C14H15N3O3S. The minimum Gasteiger partial charge on any atom is -0.366 e. The molecule has 1 heterocycles. The Morgan fingerprint density at radius 3 is 2.24 bits per heavy atom. The first kappa shape index (κ1) is 15.1. The SMILES string of the molecule is CN(Cc1ccncc1)S(=O)(=O)c1ccc(C(N)=O)cc1. The van der Waals surface area contributed by atoms with E-state index in [0.29, 0.717) is 0 Å². The second kappa shape index (κ2) is 6.02. The third-order valence-corrected chi connectivity index (χ3v) is 4.82. The van der Waals surface area contributed by atoms with Gasteiger partial charge >= 0.3 is 0 Å². The van der Waals surface area contributed by atoms with E-state index in [-0.39, 0.29) is 17.0 Å². The van der Waals surface area contributed by atoms with Crippen LogP contribution in [0, 0.1) is 0 Å². The normalized spacial score (nSPS) is 11.5. The lowest BCUT2D eigenvalue weighted by Crippen LogP contribution is -2.26. The van der Waals surface area contributed by atoms with Crippen LogP contribution in [0.4, 0.5) is 0 Å². The molecule has 0 atom stereocenters. The molecule has 6 nitrogen and oxygen atoms in total. The van der Waals surface area contributed by atoms with Crippen LogP contribution in [0.2, 0.25) is 0 Å². The van der Waals surface area contributed by atoms with Crippen molar-refractivity contribution < 1.29 is 13.2 Å². The van der Waals surface area contributed by atoms with Crippen LogP contribution in [-0.4, -0.2) is 30.7 Å². The van der Waals surface area contributed by atoms with Crippen molar-refractivity contribution in [3.05, 3.63) is 59.9 Å². The molecule has 0 aliphatic carbocycles. The van der Waals surface area contributed by atoms with E-state index in [1.807, 2.05) is 0 Å². The first-order chi connectivity index (χ1) is 9.91. The Balaban J connectivity index is 2.22. The zero-order valence-electron chi connectivity index (χ0n) is 11.4. The topological polar surface area (TPSA) is 93.4 Å². The second-order valence-corrected chi connectivity index (χ2v) is 6.55. The minimum absolute atomic E-state index is 0.115. The second-order valence-electron chi connectivity index (χ2n) is 4.51. The zero-order chi connectivity index (χ0) is 15.5. The average molecular weight is 305 g/mol. The maximum atomic E-state index is 12.4. The summed E-state index contributed by atoms with van der Waals surface area (Å²) in [6.07, 6.45) is 3.22. The third kappa shape index (κ3) is 3.45. The smallest absolute Gasteiger partial charge is 0.248 e. The van der Waals surface area contributed by atoms with E-state index in [0.717, 1.165) is 5.56 Å². The van der Waals surface area contributed by atoms with Crippen molar-refractivity contribution in [1.82, 2.24) is 9.29 Å². The number of amides is 1. The molecule has 110 valence electrons. The van der Waals surface area contributed by atoms with E-state index < -0.39 is 15.9 Å². The van der Waals surface area contributed by atoms with Crippen LogP contribution < -0.4 is 5.73 Å². The number of hydrogen-bond donors (Lipinski definition) is 1. The Labute approximate surface area is 123 Å². The fraction of sp³-hybridized carbons (Fsp3) is 0.143. The number of carbonyl (C=O) groups excluding carboxylic acids is 1. The van der Waals surface area contributed by atoms with Gasteiger partial charge in [0.15, 0.2) is 0 Å². The summed E-state index contributed by atoms with van der Waals surface area (Å²) in [7, 11) is -2.12. The lowest BCUT2D eigenvalue weighted by atomic mass is 10.2. The fourth-order valence-corrected chi connectivity index (χ4v) is 2.96. The van der Waals surface area contributed by atoms with E-state index >= 15 is 0 Å². The first-order valence-electron chi connectivity index (χ1n) is 6.16. The van der Waals surface area contributed by atoms with Crippen LogP contribution in [0.1, 0.15) is 15.9 Å². The van der Waals surface area contributed by atoms with Crippen LogP contribution in [0.15, 0.2) is 53.7 Å². The Bertz CT molecular complexity index is 728. The van der Waals surface area contributed by atoms with Crippen molar-refractivity contribution in [2.24, 2.45) is 5.73 Å². The molecule has 2 rings (SSSR count). The van der Waals surface area contributed by atoms with E-state index in [1.54, 1.807) is 24.5 Å². The number of primary amides is 1. The number of sulfonamides is 1. The first-order valence-corrected chi connectivity index (χ1v) is 7.60. The molecule has 0 saturated carbocycles. The number of benzene rings is 1. The molecule has 21 heavy (non-hydrogen) atoms. The minimum atomic E-state index is -3.62. The molecule has 7 heteroatoms. The van der Waals surface area contributed by atoms with Crippen molar-refractivity contribution in [3.63, 3.8) is 0 Å². The van der Waals surface area contributed by atoms with E-state index in [9.17, 15) is 13.2 Å². The number of nitrogens with zero attached hydrogens (tertiary/aromatic N) is 2. The summed E-state index contributed by atoms with van der Waals surface area (Å²) in [4.78, 5) is 15.0. The predicted octanol–water partition coefficient (Wildman–Crippen LogP) is 1.00. The summed E-state index contributed by atoms with van der Waals surface area (Å²) in [6.45, 7) is 0.239. The molecule has 0 unspecified atom stereocenters. The number of nitrogens with two attached hydrogens (primary N) is 1. The Hall–Kier alpha value is -2.25. The zero-order valence-corrected chi connectivity index (χ0v) is 12.2. The number of pyridine rings is 1. The monoisotopic (exact) mass is 305 g/mol. The molecule has 0 radical (unpaired) electrons. The van der Waals surface area contributed by atoms with Crippen molar-refractivity contribution in [2.75, 3.05) is 7.05 Å². The van der Waals surface area contributed by atoms with Gasteiger partial charge in [-0.05, 0) is 42.0 Å². The summed E-state index contributed by atoms with van der Waals surface area (Å²) in [5, 5.41) is 0. The van der Waals surface area contributed by atoms with Crippen LogP contribution in [0.25, 0.3) is 0 Å². The van der Waals surface area contributed by atoms with Crippen molar-refractivity contribution in [2.45, 2.75) is 11.4 Å². The van der Waals surface area contributed by atoms with Gasteiger partial charge in [-0.3, -0.25) is 9.78 Å². The highest BCUT2D eigenvalue weighted by molar-refractivity contribution is 7.89. The van der Waals surface area contributed by atoms with Crippen molar-refractivity contribution in [1.29, 1.82) is 0 Å². The Kier molecular flexibility index (Phi) is 4.35. The highest BCUT2D eigenvalue weighted by Gasteiger charge is 2.21. The summed E-state index contributed by atoms with van der Waals surface area (Å²) >= 11 is 0. The lowest BCUT2D eigenvalue weighted by Gasteiger charge is -2.17. The molecule has 1 aromatic heterocycles. The van der Waals surface area contributed by atoms with Crippen LogP contribution in [0.3, 0.4) is 0 Å². The summed E-state index contributed by atoms with van der Waals surface area (Å²) in [6, 6.07) is 9.05. The van der Waals surface area contributed by atoms with Gasteiger partial charge in [-0.2, -0.15) is 4.31 Å². The van der Waals surface area contributed by atoms with E-state index in [2.05, 4.69) is 4.98 Å². The van der Waals surface area contributed by atoms with E-state index in [4.69, 9.17) is 5.73 Å². The van der Waals surface area contributed by atoms with Gasteiger partial charge < -0.3 is 5.73 Å². The Morgan fingerprint density at radius 1 is 1.14 bits per heavy atom. The molecule has 0 bridgehead atoms. The van der Waals surface area contributed by atoms with Gasteiger partial charge in [0.2, 0.25) is 15.9 Å². The van der Waals surface area contributed by atoms with Crippen LogP contribution >= 0.6 is 0 Å². The molecule has 0 aliphatic rings. The lowest BCUT2D eigenvalue weighted by molar-refractivity contribution is 0.1000. The van der Waals surface area contributed by atoms with E-state index in [1.165, 1.54) is 35.6 Å². The number of aromatic nitrogens is 1. The predicted molar refractivity (Wildman–Crippen MR) is 77.8 cm³/mol. The summed E-state index contributed by atoms with van der Waals surface area (Å²) in [5.41, 5.74) is 6.24.